The SMILES string of the molecule is Cc1ccccc1C(CN)n1cccc1. The van der Waals surface area contributed by atoms with Gasteiger partial charge in [0.15, 0.2) is 0 Å². The number of nitrogens with zero attached hydrogens (tertiary/aromatic N) is 1. The average molecular weight is 200 g/mol. The van der Waals surface area contributed by atoms with Crippen molar-refractivity contribution < 1.29 is 0 Å². The minimum Gasteiger partial charge on any atom is -0.346 e. The summed E-state index contributed by atoms with van der Waals surface area (Å²) in [5.41, 5.74) is 8.44. The molecule has 78 valence electrons. The molecule has 0 bridgehead atoms. The highest BCUT2D eigenvalue weighted by atomic mass is 15.0. The van der Waals surface area contributed by atoms with Gasteiger partial charge in [0.05, 0.1) is 6.04 Å². The van der Waals surface area contributed by atoms with E-state index in [9.17, 15) is 0 Å². The van der Waals surface area contributed by atoms with Gasteiger partial charge in [-0.3, -0.25) is 0 Å². The van der Waals surface area contributed by atoms with Crippen LogP contribution in [0.15, 0.2) is 48.8 Å². The Labute approximate surface area is 90.3 Å². The first-order valence-electron chi connectivity index (χ1n) is 5.21. The summed E-state index contributed by atoms with van der Waals surface area (Å²) in [6, 6.07) is 12.7. The maximum Gasteiger partial charge on any atom is 0.0704 e. The summed E-state index contributed by atoms with van der Waals surface area (Å²) in [5, 5.41) is 0. The largest absolute Gasteiger partial charge is 0.346 e. The third kappa shape index (κ3) is 1.95. The zero-order valence-electron chi connectivity index (χ0n) is 8.93. The molecule has 0 saturated carbocycles. The van der Waals surface area contributed by atoms with Gasteiger partial charge in [-0.2, -0.15) is 0 Å². The molecule has 2 N–H and O–H groups in total. The molecule has 0 amide bonds. The van der Waals surface area contributed by atoms with Crippen molar-refractivity contribution in [3.8, 4) is 0 Å². The molecular formula is C13H16N2. The third-order valence-electron chi connectivity index (χ3n) is 2.76. The zero-order valence-corrected chi connectivity index (χ0v) is 8.93. The molecule has 0 radical (unpaired) electrons. The Bertz CT molecular complexity index is 418. The van der Waals surface area contributed by atoms with Crippen molar-refractivity contribution in [3.05, 3.63) is 59.9 Å². The number of benzene rings is 1. The first kappa shape index (κ1) is 9.99. The van der Waals surface area contributed by atoms with Crippen LogP contribution in [0.1, 0.15) is 17.2 Å². The van der Waals surface area contributed by atoms with Crippen LogP contribution >= 0.6 is 0 Å². The van der Waals surface area contributed by atoms with E-state index in [1.807, 2.05) is 12.1 Å². The molecule has 1 heterocycles. The van der Waals surface area contributed by atoms with Gasteiger partial charge in [0.1, 0.15) is 0 Å². The van der Waals surface area contributed by atoms with E-state index < -0.39 is 0 Å². The first-order chi connectivity index (χ1) is 7.33. The van der Waals surface area contributed by atoms with Crippen LogP contribution in [-0.2, 0) is 0 Å². The number of nitrogens with two attached hydrogens (primary N) is 1. The van der Waals surface area contributed by atoms with Gasteiger partial charge in [-0.05, 0) is 30.2 Å². The molecule has 2 nitrogen and oxygen atoms in total. The molecule has 2 heteroatoms. The Morgan fingerprint density at radius 2 is 1.80 bits per heavy atom. The Kier molecular flexibility index (Phi) is 2.88. The molecule has 0 saturated heterocycles. The second-order valence-corrected chi connectivity index (χ2v) is 3.74. The summed E-state index contributed by atoms with van der Waals surface area (Å²) >= 11 is 0. The van der Waals surface area contributed by atoms with Crippen LogP contribution in [-0.4, -0.2) is 11.1 Å². The molecule has 1 atom stereocenters. The Morgan fingerprint density at radius 1 is 1.13 bits per heavy atom. The number of rotatable bonds is 3. The van der Waals surface area contributed by atoms with Crippen molar-refractivity contribution in [2.24, 2.45) is 5.73 Å². The van der Waals surface area contributed by atoms with Gasteiger partial charge in [-0.1, -0.05) is 24.3 Å². The summed E-state index contributed by atoms with van der Waals surface area (Å²) in [4.78, 5) is 0. The predicted molar refractivity (Wildman–Crippen MR) is 62.8 cm³/mol. The summed E-state index contributed by atoms with van der Waals surface area (Å²) in [5.74, 6) is 0. The lowest BCUT2D eigenvalue weighted by atomic mass is 10.0. The predicted octanol–water partition coefficient (Wildman–Crippen LogP) is 2.34. The van der Waals surface area contributed by atoms with Gasteiger partial charge in [-0.15, -0.1) is 0 Å². The van der Waals surface area contributed by atoms with E-state index in [0.717, 1.165) is 0 Å². The Morgan fingerprint density at radius 3 is 2.40 bits per heavy atom. The zero-order chi connectivity index (χ0) is 10.7. The molecule has 0 fully saturated rings. The molecule has 0 aliphatic carbocycles. The minimum absolute atomic E-state index is 0.251. The highest BCUT2D eigenvalue weighted by Gasteiger charge is 2.11. The number of aromatic nitrogens is 1. The van der Waals surface area contributed by atoms with Crippen molar-refractivity contribution in [2.75, 3.05) is 6.54 Å². The van der Waals surface area contributed by atoms with E-state index in [0.29, 0.717) is 6.54 Å². The number of aryl methyl sites for hydroxylation is 1. The maximum atomic E-state index is 5.84. The summed E-state index contributed by atoms with van der Waals surface area (Å²) in [6.07, 6.45) is 4.12. The van der Waals surface area contributed by atoms with E-state index in [-0.39, 0.29) is 6.04 Å². The van der Waals surface area contributed by atoms with Gasteiger partial charge in [0.2, 0.25) is 0 Å². The summed E-state index contributed by atoms with van der Waals surface area (Å²) < 4.78 is 2.16. The highest BCUT2D eigenvalue weighted by molar-refractivity contribution is 5.29. The van der Waals surface area contributed by atoms with E-state index >= 15 is 0 Å². The molecule has 2 aromatic rings. The lowest BCUT2D eigenvalue weighted by Crippen LogP contribution is -2.20. The smallest absolute Gasteiger partial charge is 0.0704 e. The molecule has 2 rings (SSSR count). The standard InChI is InChI=1S/C13H16N2/c1-11-6-2-3-7-12(11)13(10-14)15-8-4-5-9-15/h2-9,13H,10,14H2,1H3. The fraction of sp³-hybridized carbons (Fsp3) is 0.231. The van der Waals surface area contributed by atoms with Crippen LogP contribution in [0.3, 0.4) is 0 Å². The van der Waals surface area contributed by atoms with Crippen LogP contribution in [0.4, 0.5) is 0 Å². The monoisotopic (exact) mass is 200 g/mol. The van der Waals surface area contributed by atoms with E-state index in [2.05, 4.69) is 48.1 Å². The summed E-state index contributed by atoms with van der Waals surface area (Å²) in [7, 11) is 0. The molecule has 0 spiro atoms. The van der Waals surface area contributed by atoms with Gasteiger partial charge < -0.3 is 10.3 Å². The van der Waals surface area contributed by atoms with Crippen molar-refractivity contribution in [1.29, 1.82) is 0 Å². The molecule has 0 aliphatic rings. The second kappa shape index (κ2) is 4.32. The van der Waals surface area contributed by atoms with E-state index in [1.54, 1.807) is 0 Å². The topological polar surface area (TPSA) is 30.9 Å². The van der Waals surface area contributed by atoms with Crippen LogP contribution in [0.5, 0.6) is 0 Å². The molecule has 0 aliphatic heterocycles. The van der Waals surface area contributed by atoms with Crippen molar-refractivity contribution in [2.45, 2.75) is 13.0 Å². The molecule has 1 aromatic carbocycles. The fourth-order valence-electron chi connectivity index (χ4n) is 1.93. The van der Waals surface area contributed by atoms with Gasteiger partial charge in [-0.25, -0.2) is 0 Å². The van der Waals surface area contributed by atoms with E-state index in [1.165, 1.54) is 11.1 Å². The molecule has 15 heavy (non-hydrogen) atoms. The van der Waals surface area contributed by atoms with Crippen molar-refractivity contribution >= 4 is 0 Å². The van der Waals surface area contributed by atoms with E-state index in [4.69, 9.17) is 5.73 Å². The van der Waals surface area contributed by atoms with Crippen molar-refractivity contribution in [3.63, 3.8) is 0 Å². The van der Waals surface area contributed by atoms with Crippen LogP contribution < -0.4 is 5.73 Å². The highest BCUT2D eigenvalue weighted by Crippen LogP contribution is 2.20. The normalized spacial score (nSPS) is 12.7. The number of hydrogen-bond acceptors (Lipinski definition) is 1. The second-order valence-electron chi connectivity index (χ2n) is 3.74. The summed E-state index contributed by atoms with van der Waals surface area (Å²) in [6.45, 7) is 2.75. The lowest BCUT2D eigenvalue weighted by Gasteiger charge is -2.19. The first-order valence-corrected chi connectivity index (χ1v) is 5.21. The third-order valence-corrected chi connectivity index (χ3v) is 2.76. The Balaban J connectivity index is 2.40. The molecular weight excluding hydrogens is 184 g/mol. The van der Waals surface area contributed by atoms with Crippen LogP contribution in [0.2, 0.25) is 0 Å². The lowest BCUT2D eigenvalue weighted by molar-refractivity contribution is 0.595. The molecule has 1 unspecified atom stereocenters. The minimum atomic E-state index is 0.251. The van der Waals surface area contributed by atoms with Gasteiger partial charge in [0.25, 0.3) is 0 Å². The van der Waals surface area contributed by atoms with Gasteiger partial charge >= 0.3 is 0 Å². The average Bonchev–Trinajstić information content (AvgIpc) is 2.75. The fourth-order valence-corrected chi connectivity index (χ4v) is 1.93. The quantitative estimate of drug-likeness (QED) is 0.810. The maximum absolute atomic E-state index is 5.84. The Hall–Kier alpha value is -1.54. The van der Waals surface area contributed by atoms with Crippen molar-refractivity contribution in [1.82, 2.24) is 4.57 Å². The number of hydrogen-bond donors (Lipinski definition) is 1. The van der Waals surface area contributed by atoms with Gasteiger partial charge in [0, 0.05) is 18.9 Å². The van der Waals surface area contributed by atoms with Crippen LogP contribution in [0, 0.1) is 6.92 Å². The molecule has 1 aromatic heterocycles. The van der Waals surface area contributed by atoms with Crippen LogP contribution in [0.25, 0.3) is 0 Å².